The molecule has 6 nitrogen and oxygen atoms in total. The molecule has 25 heavy (non-hydrogen) atoms. The van der Waals surface area contributed by atoms with Gasteiger partial charge >= 0.3 is 0 Å². The molecule has 0 atom stereocenters. The van der Waals surface area contributed by atoms with Gasteiger partial charge in [0, 0.05) is 5.56 Å². The van der Waals surface area contributed by atoms with Crippen molar-refractivity contribution in [2.75, 3.05) is 14.2 Å². The predicted octanol–water partition coefficient (Wildman–Crippen LogP) is 3.82. The molecule has 0 aliphatic rings. The first kappa shape index (κ1) is 16.9. The van der Waals surface area contributed by atoms with E-state index in [0.29, 0.717) is 22.1 Å². The van der Waals surface area contributed by atoms with E-state index in [0.717, 1.165) is 11.1 Å². The van der Waals surface area contributed by atoms with Crippen LogP contribution in [0.1, 0.15) is 11.1 Å². The lowest BCUT2D eigenvalue weighted by Gasteiger charge is -2.09. The molecule has 3 rings (SSSR count). The van der Waals surface area contributed by atoms with Crippen LogP contribution in [0.2, 0.25) is 0 Å². The Balaban J connectivity index is 1.99. The van der Waals surface area contributed by atoms with Crippen molar-refractivity contribution in [3.05, 3.63) is 58.4 Å². The Morgan fingerprint density at radius 3 is 2.48 bits per heavy atom. The molecule has 0 spiro atoms. The number of rotatable bonds is 5. The number of methoxy groups -OCH3 is 2. The van der Waals surface area contributed by atoms with Crippen LogP contribution in [0.5, 0.6) is 11.5 Å². The second-order valence-corrected chi connectivity index (χ2v) is 5.78. The molecule has 1 N–H and O–H groups in total. The lowest BCUT2D eigenvalue weighted by Crippen LogP contribution is -1.96. The van der Waals surface area contributed by atoms with Crippen LogP contribution in [0.3, 0.4) is 0 Å². The van der Waals surface area contributed by atoms with E-state index in [1.165, 1.54) is 5.56 Å². The number of H-pyrrole nitrogens is 1. The number of hydrogen-bond donors (Lipinski definition) is 1. The minimum absolute atomic E-state index is 0.410. The van der Waals surface area contributed by atoms with E-state index in [1.807, 2.05) is 49.4 Å². The van der Waals surface area contributed by atoms with Crippen LogP contribution < -0.4 is 9.47 Å². The highest BCUT2D eigenvalue weighted by Gasteiger charge is 2.12. The quantitative estimate of drug-likeness (QED) is 0.559. The number of hydrogen-bond acceptors (Lipinski definition) is 5. The smallest absolute Gasteiger partial charge is 0.216 e. The van der Waals surface area contributed by atoms with Gasteiger partial charge in [0.25, 0.3) is 0 Å². The number of nitrogens with zero attached hydrogens (tertiary/aromatic N) is 3. The molecule has 128 valence electrons. The summed E-state index contributed by atoms with van der Waals surface area (Å²) in [4.78, 5) is 0. The van der Waals surface area contributed by atoms with E-state index in [9.17, 15) is 0 Å². The first-order valence-electron chi connectivity index (χ1n) is 7.63. The van der Waals surface area contributed by atoms with Gasteiger partial charge < -0.3 is 9.47 Å². The van der Waals surface area contributed by atoms with Gasteiger partial charge in [-0.2, -0.15) is 14.9 Å². The third kappa shape index (κ3) is 3.61. The Bertz CT molecular complexity index is 958. The van der Waals surface area contributed by atoms with Crippen LogP contribution >= 0.6 is 12.2 Å². The lowest BCUT2D eigenvalue weighted by atomic mass is 10.2. The molecule has 0 saturated carbocycles. The number of benzene rings is 2. The Labute approximate surface area is 150 Å². The Kier molecular flexibility index (Phi) is 4.95. The first-order valence-corrected chi connectivity index (χ1v) is 8.04. The van der Waals surface area contributed by atoms with E-state index in [2.05, 4.69) is 15.3 Å². The standard InChI is InChI=1S/C18H18N4O2S/c1-12-4-6-13(7-5-12)11-19-22-17(20-21-18(22)25)14-8-9-15(23-2)16(10-14)24-3/h4-11H,1-3H3,(H,21,25). The molecule has 0 aliphatic carbocycles. The molecule has 0 bridgehead atoms. The summed E-state index contributed by atoms with van der Waals surface area (Å²) in [6.07, 6.45) is 1.75. The van der Waals surface area contributed by atoms with E-state index < -0.39 is 0 Å². The molecule has 2 aromatic carbocycles. The van der Waals surface area contributed by atoms with Crippen LogP contribution in [0, 0.1) is 11.7 Å². The maximum atomic E-state index is 5.35. The van der Waals surface area contributed by atoms with Crippen molar-refractivity contribution >= 4 is 18.4 Å². The van der Waals surface area contributed by atoms with Gasteiger partial charge in [0.05, 0.1) is 20.4 Å². The molecule has 1 heterocycles. The van der Waals surface area contributed by atoms with Crippen LogP contribution in [-0.2, 0) is 0 Å². The fourth-order valence-corrected chi connectivity index (χ4v) is 2.52. The number of ether oxygens (including phenoxy) is 2. The molecule has 1 aromatic heterocycles. The Morgan fingerprint density at radius 2 is 1.80 bits per heavy atom. The first-order chi connectivity index (χ1) is 12.1. The summed E-state index contributed by atoms with van der Waals surface area (Å²) in [6, 6.07) is 13.6. The SMILES string of the molecule is COc1ccc(-c2n[nH]c(=S)n2N=Cc2ccc(C)cc2)cc1OC. The van der Waals surface area contributed by atoms with Crippen molar-refractivity contribution in [2.45, 2.75) is 6.92 Å². The van der Waals surface area contributed by atoms with Gasteiger partial charge in [-0.05, 0) is 42.9 Å². The van der Waals surface area contributed by atoms with Gasteiger partial charge in [0.2, 0.25) is 4.77 Å². The average Bonchev–Trinajstić information content (AvgIpc) is 3.01. The van der Waals surface area contributed by atoms with Crippen molar-refractivity contribution in [1.82, 2.24) is 14.9 Å². The molecular weight excluding hydrogens is 336 g/mol. The zero-order chi connectivity index (χ0) is 17.8. The number of aryl methyl sites for hydroxylation is 1. The van der Waals surface area contributed by atoms with Crippen LogP contribution in [0.15, 0.2) is 47.6 Å². The van der Waals surface area contributed by atoms with Gasteiger partial charge in [-0.1, -0.05) is 29.8 Å². The summed E-state index contributed by atoms with van der Waals surface area (Å²) in [7, 11) is 3.19. The molecule has 0 amide bonds. The maximum Gasteiger partial charge on any atom is 0.216 e. The topological polar surface area (TPSA) is 64.4 Å². The summed E-state index contributed by atoms with van der Waals surface area (Å²) < 4.78 is 12.6. The third-order valence-electron chi connectivity index (χ3n) is 3.69. The Hall–Kier alpha value is -2.93. The summed E-state index contributed by atoms with van der Waals surface area (Å²) in [5.41, 5.74) is 2.99. The summed E-state index contributed by atoms with van der Waals surface area (Å²) in [5.74, 6) is 1.85. The van der Waals surface area contributed by atoms with E-state index in [4.69, 9.17) is 21.7 Å². The summed E-state index contributed by atoms with van der Waals surface area (Å²) in [6.45, 7) is 2.04. The number of aromatic nitrogens is 3. The highest BCUT2D eigenvalue weighted by molar-refractivity contribution is 7.71. The minimum atomic E-state index is 0.410. The Morgan fingerprint density at radius 1 is 1.08 bits per heavy atom. The molecule has 0 saturated heterocycles. The van der Waals surface area contributed by atoms with Crippen molar-refractivity contribution < 1.29 is 9.47 Å². The second kappa shape index (κ2) is 7.31. The van der Waals surface area contributed by atoms with Crippen molar-refractivity contribution in [3.8, 4) is 22.9 Å². The van der Waals surface area contributed by atoms with Crippen LogP contribution in [0.25, 0.3) is 11.4 Å². The van der Waals surface area contributed by atoms with Gasteiger partial charge in [0.1, 0.15) is 0 Å². The number of aromatic amines is 1. The van der Waals surface area contributed by atoms with Crippen molar-refractivity contribution in [3.63, 3.8) is 0 Å². The zero-order valence-corrected chi connectivity index (χ0v) is 15.0. The lowest BCUT2D eigenvalue weighted by molar-refractivity contribution is 0.355. The minimum Gasteiger partial charge on any atom is -0.493 e. The molecular formula is C18H18N4O2S. The highest BCUT2D eigenvalue weighted by atomic mass is 32.1. The fraction of sp³-hybridized carbons (Fsp3) is 0.167. The van der Waals surface area contributed by atoms with E-state index in [1.54, 1.807) is 25.1 Å². The molecule has 7 heteroatoms. The number of nitrogens with one attached hydrogen (secondary N) is 1. The average molecular weight is 354 g/mol. The van der Waals surface area contributed by atoms with Crippen LogP contribution in [0.4, 0.5) is 0 Å². The third-order valence-corrected chi connectivity index (χ3v) is 3.96. The monoisotopic (exact) mass is 354 g/mol. The molecule has 3 aromatic rings. The normalized spacial score (nSPS) is 11.0. The van der Waals surface area contributed by atoms with Crippen molar-refractivity contribution in [1.29, 1.82) is 0 Å². The molecule has 0 fully saturated rings. The van der Waals surface area contributed by atoms with Gasteiger partial charge in [-0.25, -0.2) is 5.10 Å². The zero-order valence-electron chi connectivity index (χ0n) is 14.2. The molecule has 0 radical (unpaired) electrons. The van der Waals surface area contributed by atoms with Gasteiger partial charge in [-0.3, -0.25) is 0 Å². The molecule has 0 unspecified atom stereocenters. The second-order valence-electron chi connectivity index (χ2n) is 5.39. The maximum absolute atomic E-state index is 5.35. The van der Waals surface area contributed by atoms with Gasteiger partial charge in [0.15, 0.2) is 17.3 Å². The van der Waals surface area contributed by atoms with E-state index in [-0.39, 0.29) is 0 Å². The van der Waals surface area contributed by atoms with Gasteiger partial charge in [-0.15, -0.1) is 0 Å². The van der Waals surface area contributed by atoms with Crippen molar-refractivity contribution in [2.24, 2.45) is 5.10 Å². The van der Waals surface area contributed by atoms with Crippen LogP contribution in [-0.4, -0.2) is 35.3 Å². The summed E-state index contributed by atoms with van der Waals surface area (Å²) in [5, 5.41) is 11.5. The predicted molar refractivity (Wildman–Crippen MR) is 100 cm³/mol. The summed E-state index contributed by atoms with van der Waals surface area (Å²) >= 11 is 5.29. The largest absolute Gasteiger partial charge is 0.493 e. The highest BCUT2D eigenvalue weighted by Crippen LogP contribution is 2.31. The fourth-order valence-electron chi connectivity index (χ4n) is 2.34. The van der Waals surface area contributed by atoms with E-state index >= 15 is 0 Å². The molecule has 0 aliphatic heterocycles.